The number of esters is 1. The Morgan fingerprint density at radius 2 is 1.51 bits per heavy atom. The number of amides is 1. The second-order valence-electron chi connectivity index (χ2n) is 11.1. The molecule has 244 valence electrons. The molecule has 0 unspecified atom stereocenters. The van der Waals surface area contributed by atoms with Crippen molar-refractivity contribution < 1.29 is 47.5 Å². The summed E-state index contributed by atoms with van der Waals surface area (Å²) in [6, 6.07) is 12.0. The number of benzene rings is 3. The number of nitrogens with one attached hydrogen (secondary N) is 1. The normalized spacial score (nSPS) is 20.5. The number of aromatic nitrogens is 3. The number of fused-ring (bicyclic) bond motifs is 3. The van der Waals surface area contributed by atoms with Crippen LogP contribution in [0.5, 0.6) is 40.2 Å². The molecule has 1 aromatic heterocycles. The molecule has 14 heteroatoms. The van der Waals surface area contributed by atoms with Crippen molar-refractivity contribution in [1.82, 2.24) is 20.3 Å². The molecule has 1 amide bonds. The summed E-state index contributed by atoms with van der Waals surface area (Å²) < 4.78 is 46.2. The Morgan fingerprint density at radius 1 is 0.830 bits per heavy atom. The number of carbonyl (C=O) groups is 2. The van der Waals surface area contributed by atoms with E-state index in [1.165, 1.54) is 39.3 Å². The third-order valence-electron chi connectivity index (χ3n) is 8.88. The van der Waals surface area contributed by atoms with Gasteiger partial charge >= 0.3 is 5.97 Å². The van der Waals surface area contributed by atoms with E-state index in [9.17, 15) is 9.59 Å². The first-order chi connectivity index (χ1) is 22.9. The van der Waals surface area contributed by atoms with Gasteiger partial charge in [-0.1, -0.05) is 5.21 Å². The number of cyclic esters (lactones) is 1. The second-order valence-corrected chi connectivity index (χ2v) is 11.1. The molecule has 0 bridgehead atoms. The van der Waals surface area contributed by atoms with E-state index in [-0.39, 0.29) is 25.1 Å². The molecule has 4 atom stereocenters. The van der Waals surface area contributed by atoms with Gasteiger partial charge in [-0.2, -0.15) is 0 Å². The van der Waals surface area contributed by atoms with Gasteiger partial charge in [-0.25, -0.2) is 4.68 Å². The molecule has 2 aliphatic heterocycles. The maximum absolute atomic E-state index is 13.8. The Balaban J connectivity index is 1.28. The predicted octanol–water partition coefficient (Wildman–Crippen LogP) is 3.44. The fourth-order valence-corrected chi connectivity index (χ4v) is 6.71. The molecule has 0 saturated carbocycles. The standard InChI is InChI=1S/C33H32N4O10/c1-40-22-7-6-17(10-23(22)41-2)37-13-21(35-36-37)32(38)34-30-19-12-25-24(46-15-47-25)11-18(19)28(29-20(30)14-45-33(29)39)16-8-26(42-3)31(44-5)27(9-16)43-4/h6-13,20,28-30H,14-15H2,1-5H3,(H,34,38)/t20-,28+,29-,30-/m0/s1. The van der Waals surface area contributed by atoms with E-state index in [0.29, 0.717) is 45.9 Å². The van der Waals surface area contributed by atoms with Gasteiger partial charge in [-0.3, -0.25) is 9.59 Å². The van der Waals surface area contributed by atoms with E-state index in [4.69, 9.17) is 37.9 Å². The van der Waals surface area contributed by atoms with Crippen LogP contribution in [0.2, 0.25) is 0 Å². The highest BCUT2D eigenvalue weighted by Crippen LogP contribution is 2.55. The van der Waals surface area contributed by atoms with Gasteiger partial charge in [0, 0.05) is 17.9 Å². The van der Waals surface area contributed by atoms with E-state index < -0.39 is 29.7 Å². The van der Waals surface area contributed by atoms with E-state index in [1.54, 1.807) is 25.3 Å². The summed E-state index contributed by atoms with van der Waals surface area (Å²) in [7, 11) is 7.68. The first-order valence-electron chi connectivity index (χ1n) is 14.7. The van der Waals surface area contributed by atoms with Gasteiger partial charge < -0.3 is 43.2 Å². The van der Waals surface area contributed by atoms with Crippen LogP contribution in [0.4, 0.5) is 0 Å². The molecule has 47 heavy (non-hydrogen) atoms. The van der Waals surface area contributed by atoms with E-state index in [1.807, 2.05) is 24.3 Å². The molecule has 7 rings (SSSR count). The van der Waals surface area contributed by atoms with Gasteiger partial charge in [0.1, 0.15) is 0 Å². The summed E-state index contributed by atoms with van der Waals surface area (Å²) in [6.45, 7) is 0.153. The third-order valence-corrected chi connectivity index (χ3v) is 8.88. The summed E-state index contributed by atoms with van der Waals surface area (Å²) in [6.07, 6.45) is 1.52. The van der Waals surface area contributed by atoms with Crippen LogP contribution in [0.1, 0.15) is 39.1 Å². The number of rotatable bonds is 9. The van der Waals surface area contributed by atoms with Crippen LogP contribution < -0.4 is 38.5 Å². The zero-order chi connectivity index (χ0) is 32.8. The molecule has 0 radical (unpaired) electrons. The van der Waals surface area contributed by atoms with Crippen LogP contribution in [-0.4, -0.2) is 75.8 Å². The average molecular weight is 645 g/mol. The summed E-state index contributed by atoms with van der Waals surface area (Å²) in [5, 5.41) is 11.4. The summed E-state index contributed by atoms with van der Waals surface area (Å²) >= 11 is 0. The smallest absolute Gasteiger partial charge is 0.310 e. The lowest BCUT2D eigenvalue weighted by Gasteiger charge is -2.39. The van der Waals surface area contributed by atoms with Crippen LogP contribution in [0.3, 0.4) is 0 Å². The first-order valence-corrected chi connectivity index (χ1v) is 14.7. The molecule has 4 aromatic rings. The van der Waals surface area contributed by atoms with Crippen molar-refractivity contribution >= 4 is 11.9 Å². The van der Waals surface area contributed by atoms with Crippen molar-refractivity contribution in [2.45, 2.75) is 12.0 Å². The van der Waals surface area contributed by atoms with Crippen molar-refractivity contribution in [2.75, 3.05) is 48.9 Å². The Morgan fingerprint density at radius 3 is 2.17 bits per heavy atom. The van der Waals surface area contributed by atoms with Crippen molar-refractivity contribution in [1.29, 1.82) is 0 Å². The number of ether oxygens (including phenoxy) is 8. The van der Waals surface area contributed by atoms with Crippen molar-refractivity contribution in [3.63, 3.8) is 0 Å². The van der Waals surface area contributed by atoms with E-state index >= 15 is 0 Å². The van der Waals surface area contributed by atoms with Gasteiger partial charge in [0.15, 0.2) is 40.2 Å². The van der Waals surface area contributed by atoms with Crippen LogP contribution >= 0.6 is 0 Å². The number of nitrogens with zero attached hydrogens (tertiary/aromatic N) is 3. The zero-order valence-corrected chi connectivity index (χ0v) is 26.3. The predicted molar refractivity (Wildman–Crippen MR) is 163 cm³/mol. The Kier molecular flexibility index (Phi) is 7.62. The first kappa shape index (κ1) is 30.0. The minimum absolute atomic E-state index is 0.0538. The van der Waals surface area contributed by atoms with Crippen LogP contribution in [-0.2, 0) is 9.53 Å². The van der Waals surface area contributed by atoms with Crippen molar-refractivity contribution in [2.24, 2.45) is 11.8 Å². The Bertz CT molecular complexity index is 1850. The monoisotopic (exact) mass is 644 g/mol. The van der Waals surface area contributed by atoms with Crippen molar-refractivity contribution in [3.8, 4) is 45.9 Å². The van der Waals surface area contributed by atoms with Crippen LogP contribution in [0.25, 0.3) is 5.69 Å². The minimum Gasteiger partial charge on any atom is -0.493 e. The van der Waals surface area contributed by atoms with Gasteiger partial charge in [0.25, 0.3) is 5.91 Å². The average Bonchev–Trinajstić information content (AvgIpc) is 3.87. The Hall–Kier alpha value is -5.66. The highest BCUT2D eigenvalue weighted by atomic mass is 16.7. The molecular formula is C33H32N4O10. The summed E-state index contributed by atoms with van der Waals surface area (Å²) in [4.78, 5) is 27.3. The molecule has 3 aliphatic rings. The molecule has 0 spiro atoms. The number of hydrogen-bond acceptors (Lipinski definition) is 12. The topological polar surface area (TPSA) is 151 Å². The van der Waals surface area contributed by atoms with Gasteiger partial charge in [-0.15, -0.1) is 5.10 Å². The second kappa shape index (κ2) is 11.9. The highest BCUT2D eigenvalue weighted by Gasteiger charge is 2.53. The lowest BCUT2D eigenvalue weighted by molar-refractivity contribution is -0.141. The van der Waals surface area contributed by atoms with Gasteiger partial charge in [0.2, 0.25) is 12.5 Å². The Labute approximate surface area is 269 Å². The van der Waals surface area contributed by atoms with Gasteiger partial charge in [0.05, 0.1) is 66.0 Å². The van der Waals surface area contributed by atoms with Crippen molar-refractivity contribution in [3.05, 3.63) is 71.0 Å². The lowest BCUT2D eigenvalue weighted by Crippen LogP contribution is -2.43. The third kappa shape index (κ3) is 4.96. The van der Waals surface area contributed by atoms with Crippen LogP contribution in [0, 0.1) is 11.8 Å². The van der Waals surface area contributed by atoms with Gasteiger partial charge in [-0.05, 0) is 53.1 Å². The number of carbonyl (C=O) groups excluding carboxylic acids is 2. The largest absolute Gasteiger partial charge is 0.493 e. The SMILES string of the molecule is COc1ccc(-n2cc(C(=O)N[C@H]3c4cc5c(cc4[C@@H](c4cc(OC)c(OC)c(OC)c4)[C@H]4C(=O)OC[C@@H]43)OCO5)nn2)cc1OC. The molecule has 1 aliphatic carbocycles. The van der Waals surface area contributed by atoms with Crippen LogP contribution in [0.15, 0.2) is 48.7 Å². The summed E-state index contributed by atoms with van der Waals surface area (Å²) in [5.74, 6) is 1.02. The molecule has 1 N–H and O–H groups in total. The fourth-order valence-electron chi connectivity index (χ4n) is 6.71. The number of hydrogen-bond donors (Lipinski definition) is 1. The molecule has 1 fully saturated rings. The number of methoxy groups -OCH3 is 5. The molecule has 3 heterocycles. The minimum atomic E-state index is -0.654. The maximum Gasteiger partial charge on any atom is 0.310 e. The molecular weight excluding hydrogens is 612 g/mol. The molecule has 1 saturated heterocycles. The molecule has 14 nitrogen and oxygen atoms in total. The lowest BCUT2D eigenvalue weighted by atomic mass is 9.65. The van der Waals surface area contributed by atoms with E-state index in [0.717, 1.165) is 16.7 Å². The fraction of sp³-hybridized carbons (Fsp3) is 0.333. The quantitative estimate of drug-likeness (QED) is 0.266. The van der Waals surface area contributed by atoms with E-state index in [2.05, 4.69) is 15.6 Å². The molecule has 3 aromatic carbocycles. The summed E-state index contributed by atoms with van der Waals surface area (Å²) in [5.41, 5.74) is 2.97. The maximum atomic E-state index is 13.8. The zero-order valence-electron chi connectivity index (χ0n) is 26.3. The highest BCUT2D eigenvalue weighted by molar-refractivity contribution is 5.92.